The number of fused-ring (bicyclic) bond motifs is 1. The number of hydrogen-bond acceptors (Lipinski definition) is 4. The van der Waals surface area contributed by atoms with Crippen molar-refractivity contribution in [3.63, 3.8) is 0 Å². The molecule has 120 valence electrons. The number of rotatable bonds is 4. The molecule has 1 aliphatic rings. The van der Waals surface area contributed by atoms with Gasteiger partial charge in [0.1, 0.15) is 5.75 Å². The molecular weight excluding hydrogens is 294 g/mol. The van der Waals surface area contributed by atoms with Gasteiger partial charge in [-0.1, -0.05) is 18.2 Å². The summed E-state index contributed by atoms with van der Waals surface area (Å²) in [6, 6.07) is 11.3. The molecule has 5 heteroatoms. The average Bonchev–Trinajstić information content (AvgIpc) is 3.03. The van der Waals surface area contributed by atoms with Gasteiger partial charge in [-0.3, -0.25) is 4.79 Å². The number of anilines is 1. The Morgan fingerprint density at radius 3 is 2.30 bits per heavy atom. The molecule has 1 aliphatic heterocycles. The van der Waals surface area contributed by atoms with Crippen LogP contribution in [0.3, 0.4) is 0 Å². The summed E-state index contributed by atoms with van der Waals surface area (Å²) in [5, 5.41) is 0. The Morgan fingerprint density at radius 1 is 0.957 bits per heavy atom. The largest absolute Gasteiger partial charge is 0.496 e. The van der Waals surface area contributed by atoms with Crippen molar-refractivity contribution in [1.82, 2.24) is 0 Å². The highest BCUT2D eigenvalue weighted by molar-refractivity contribution is 6.09. The second-order valence-corrected chi connectivity index (χ2v) is 5.24. The SMILES string of the molecule is COc1cc(OC)c(C(=O)N2CCc3ccccc32)cc1OC. The Hall–Kier alpha value is -2.69. The number of amides is 1. The summed E-state index contributed by atoms with van der Waals surface area (Å²) in [6.45, 7) is 0.662. The number of ether oxygens (including phenoxy) is 3. The van der Waals surface area contributed by atoms with E-state index in [0.717, 1.165) is 12.1 Å². The number of methoxy groups -OCH3 is 3. The van der Waals surface area contributed by atoms with Crippen molar-refractivity contribution < 1.29 is 19.0 Å². The summed E-state index contributed by atoms with van der Waals surface area (Å²) >= 11 is 0. The number of carbonyl (C=O) groups excluding carboxylic acids is 1. The molecule has 0 N–H and O–H groups in total. The van der Waals surface area contributed by atoms with E-state index in [4.69, 9.17) is 14.2 Å². The van der Waals surface area contributed by atoms with Crippen molar-refractivity contribution in [2.45, 2.75) is 6.42 Å². The zero-order valence-electron chi connectivity index (χ0n) is 13.5. The molecule has 0 spiro atoms. The minimum absolute atomic E-state index is 0.104. The molecule has 2 aromatic carbocycles. The number of benzene rings is 2. The lowest BCUT2D eigenvalue weighted by molar-refractivity contribution is 0.0986. The van der Waals surface area contributed by atoms with Crippen molar-refractivity contribution in [2.24, 2.45) is 0 Å². The van der Waals surface area contributed by atoms with Crippen molar-refractivity contribution in [3.8, 4) is 17.2 Å². The molecule has 0 aliphatic carbocycles. The first kappa shape index (κ1) is 15.2. The molecule has 1 amide bonds. The first-order chi connectivity index (χ1) is 11.2. The Labute approximate surface area is 135 Å². The van der Waals surface area contributed by atoms with Crippen LogP contribution in [0.25, 0.3) is 0 Å². The molecule has 5 nitrogen and oxygen atoms in total. The third-order valence-corrected chi connectivity index (χ3v) is 4.07. The van der Waals surface area contributed by atoms with E-state index in [9.17, 15) is 4.79 Å². The van der Waals surface area contributed by atoms with Gasteiger partial charge in [0, 0.05) is 24.4 Å². The first-order valence-corrected chi connectivity index (χ1v) is 7.39. The zero-order chi connectivity index (χ0) is 16.4. The van der Waals surface area contributed by atoms with Gasteiger partial charge in [-0.25, -0.2) is 0 Å². The average molecular weight is 313 g/mol. The van der Waals surface area contributed by atoms with Crippen molar-refractivity contribution in [2.75, 3.05) is 32.8 Å². The fourth-order valence-corrected chi connectivity index (χ4v) is 2.89. The Kier molecular flexibility index (Phi) is 4.10. The summed E-state index contributed by atoms with van der Waals surface area (Å²) in [5.41, 5.74) is 2.59. The van der Waals surface area contributed by atoms with E-state index in [1.165, 1.54) is 12.7 Å². The summed E-state index contributed by atoms with van der Waals surface area (Å²) < 4.78 is 15.9. The van der Waals surface area contributed by atoms with E-state index >= 15 is 0 Å². The fraction of sp³-hybridized carbons (Fsp3) is 0.278. The molecular formula is C18H19NO4. The van der Waals surface area contributed by atoms with Crippen LogP contribution in [0.15, 0.2) is 36.4 Å². The minimum Gasteiger partial charge on any atom is -0.496 e. The Bertz CT molecular complexity index is 742. The topological polar surface area (TPSA) is 48.0 Å². The summed E-state index contributed by atoms with van der Waals surface area (Å²) in [6.07, 6.45) is 0.859. The van der Waals surface area contributed by atoms with Crippen LogP contribution in [0.1, 0.15) is 15.9 Å². The molecule has 0 aromatic heterocycles. The maximum Gasteiger partial charge on any atom is 0.262 e. The van der Waals surface area contributed by atoms with Crippen molar-refractivity contribution >= 4 is 11.6 Å². The van der Waals surface area contributed by atoms with Crippen LogP contribution in [0.4, 0.5) is 5.69 Å². The van der Waals surface area contributed by atoms with Crippen molar-refractivity contribution in [1.29, 1.82) is 0 Å². The van der Waals surface area contributed by atoms with E-state index in [1.807, 2.05) is 18.2 Å². The second kappa shape index (κ2) is 6.20. The Morgan fingerprint density at radius 2 is 1.61 bits per heavy atom. The number of hydrogen-bond donors (Lipinski definition) is 0. The molecule has 0 unspecified atom stereocenters. The summed E-state index contributed by atoms with van der Waals surface area (Å²) in [5.74, 6) is 1.40. The van der Waals surface area contributed by atoms with Gasteiger partial charge in [0.2, 0.25) is 0 Å². The van der Waals surface area contributed by atoms with Gasteiger partial charge in [0.25, 0.3) is 5.91 Å². The highest BCUT2D eigenvalue weighted by Crippen LogP contribution is 2.37. The third-order valence-electron chi connectivity index (χ3n) is 4.07. The molecule has 2 aromatic rings. The van der Waals surface area contributed by atoms with Gasteiger partial charge >= 0.3 is 0 Å². The lowest BCUT2D eigenvalue weighted by Crippen LogP contribution is -2.29. The molecule has 0 fully saturated rings. The van der Waals surface area contributed by atoms with Gasteiger partial charge in [0.15, 0.2) is 11.5 Å². The van der Waals surface area contributed by atoms with Gasteiger partial charge in [0.05, 0.1) is 26.9 Å². The lowest BCUT2D eigenvalue weighted by atomic mass is 10.1. The number of carbonyl (C=O) groups is 1. The molecule has 0 bridgehead atoms. The Balaban J connectivity index is 2.03. The van der Waals surface area contributed by atoms with Crippen LogP contribution in [-0.4, -0.2) is 33.8 Å². The highest BCUT2D eigenvalue weighted by Gasteiger charge is 2.28. The van der Waals surface area contributed by atoms with Gasteiger partial charge < -0.3 is 19.1 Å². The number of nitrogens with zero attached hydrogens (tertiary/aromatic N) is 1. The van der Waals surface area contributed by atoms with Crippen LogP contribution in [0, 0.1) is 0 Å². The fourth-order valence-electron chi connectivity index (χ4n) is 2.89. The monoisotopic (exact) mass is 313 g/mol. The van der Waals surface area contributed by atoms with Crippen LogP contribution in [0.2, 0.25) is 0 Å². The van der Waals surface area contributed by atoms with Crippen LogP contribution in [-0.2, 0) is 6.42 Å². The molecule has 0 saturated carbocycles. The zero-order valence-corrected chi connectivity index (χ0v) is 13.5. The van der Waals surface area contributed by atoms with Crippen LogP contribution >= 0.6 is 0 Å². The predicted octanol–water partition coefficient (Wildman–Crippen LogP) is 2.92. The van der Waals surface area contributed by atoms with Crippen molar-refractivity contribution in [3.05, 3.63) is 47.5 Å². The predicted molar refractivity (Wildman–Crippen MR) is 87.9 cm³/mol. The first-order valence-electron chi connectivity index (χ1n) is 7.39. The maximum absolute atomic E-state index is 13.0. The molecule has 0 saturated heterocycles. The van der Waals surface area contributed by atoms with Gasteiger partial charge in [-0.15, -0.1) is 0 Å². The number of para-hydroxylation sites is 1. The summed E-state index contributed by atoms with van der Waals surface area (Å²) in [7, 11) is 4.63. The van der Waals surface area contributed by atoms with E-state index < -0.39 is 0 Å². The minimum atomic E-state index is -0.104. The highest BCUT2D eigenvalue weighted by atomic mass is 16.5. The quantitative estimate of drug-likeness (QED) is 0.871. The normalized spacial score (nSPS) is 12.7. The smallest absolute Gasteiger partial charge is 0.262 e. The van der Waals surface area contributed by atoms with Gasteiger partial charge in [-0.2, -0.15) is 0 Å². The molecule has 1 heterocycles. The lowest BCUT2D eigenvalue weighted by Gasteiger charge is -2.20. The van der Waals surface area contributed by atoms with E-state index in [0.29, 0.717) is 29.4 Å². The molecule has 23 heavy (non-hydrogen) atoms. The maximum atomic E-state index is 13.0. The second-order valence-electron chi connectivity index (χ2n) is 5.24. The van der Waals surface area contributed by atoms with E-state index in [1.54, 1.807) is 31.3 Å². The molecule has 3 rings (SSSR count). The third kappa shape index (κ3) is 2.59. The summed E-state index contributed by atoms with van der Waals surface area (Å²) in [4.78, 5) is 14.8. The van der Waals surface area contributed by atoms with E-state index in [-0.39, 0.29) is 5.91 Å². The molecule has 0 atom stereocenters. The van der Waals surface area contributed by atoms with Crippen LogP contribution < -0.4 is 19.1 Å². The van der Waals surface area contributed by atoms with E-state index in [2.05, 4.69) is 6.07 Å². The van der Waals surface area contributed by atoms with Crippen LogP contribution in [0.5, 0.6) is 17.2 Å². The molecule has 0 radical (unpaired) electrons. The standard InChI is InChI=1S/C18H19NO4/c1-21-15-11-17(23-3)16(22-2)10-13(15)18(20)19-9-8-12-6-4-5-7-14(12)19/h4-7,10-11H,8-9H2,1-3H3. The van der Waals surface area contributed by atoms with Gasteiger partial charge in [-0.05, 0) is 18.1 Å².